The van der Waals surface area contributed by atoms with Gasteiger partial charge in [0, 0.05) is 11.9 Å². The molecule has 1 amide bonds. The lowest BCUT2D eigenvalue weighted by Crippen LogP contribution is -2.14. The number of hydrogen-bond acceptors (Lipinski definition) is 6. The molecule has 2 heterocycles. The molecule has 1 N–H and O–H groups in total. The number of nitrogens with zero attached hydrogens (tertiary/aromatic N) is 4. The molecule has 0 saturated heterocycles. The average molecular weight is 470 g/mol. The molecule has 0 atom stereocenters. The molecule has 0 aliphatic heterocycles. The summed E-state index contributed by atoms with van der Waals surface area (Å²) in [5.41, 5.74) is 2.16. The van der Waals surface area contributed by atoms with E-state index in [1.807, 2.05) is 24.3 Å². The standard InChI is InChI=1S/C22H17Cl2N5O3/c1-13-20(27-28-29(13)16-5-9-17(31-2)10-6-16)21(30)26-15-3-7-18(8-4-15)32-22-19(24)11-14(23)12-25-22/h3-12H,1-2H3,(H,26,30). The normalized spacial score (nSPS) is 10.6. The molecular formula is C22H17Cl2N5O3. The van der Waals surface area contributed by atoms with Crippen LogP contribution in [0.15, 0.2) is 60.8 Å². The van der Waals surface area contributed by atoms with Crippen LogP contribution in [0.25, 0.3) is 5.69 Å². The second-order valence-electron chi connectivity index (χ2n) is 6.65. The smallest absolute Gasteiger partial charge is 0.278 e. The number of anilines is 1. The van der Waals surface area contributed by atoms with Gasteiger partial charge in [-0.05, 0) is 61.5 Å². The fourth-order valence-corrected chi connectivity index (χ4v) is 3.31. The maximum Gasteiger partial charge on any atom is 0.278 e. The quantitative estimate of drug-likeness (QED) is 0.410. The molecule has 2 aromatic carbocycles. The van der Waals surface area contributed by atoms with Crippen molar-refractivity contribution in [1.82, 2.24) is 20.0 Å². The van der Waals surface area contributed by atoms with Gasteiger partial charge in [0.15, 0.2) is 5.69 Å². The molecule has 0 spiro atoms. The highest BCUT2D eigenvalue weighted by molar-refractivity contribution is 6.35. The van der Waals surface area contributed by atoms with Gasteiger partial charge in [0.25, 0.3) is 5.91 Å². The molecule has 0 unspecified atom stereocenters. The van der Waals surface area contributed by atoms with Crippen LogP contribution in [0.1, 0.15) is 16.2 Å². The van der Waals surface area contributed by atoms with Crippen LogP contribution in [0.2, 0.25) is 10.0 Å². The molecule has 4 rings (SSSR count). The van der Waals surface area contributed by atoms with Gasteiger partial charge >= 0.3 is 0 Å². The van der Waals surface area contributed by atoms with E-state index in [4.69, 9.17) is 32.7 Å². The molecule has 0 aliphatic rings. The Morgan fingerprint density at radius 2 is 1.72 bits per heavy atom. The number of carbonyl (C=O) groups is 1. The topological polar surface area (TPSA) is 91.2 Å². The minimum Gasteiger partial charge on any atom is -0.497 e. The summed E-state index contributed by atoms with van der Waals surface area (Å²) in [5, 5.41) is 11.6. The summed E-state index contributed by atoms with van der Waals surface area (Å²) in [6, 6.07) is 15.6. The first-order chi connectivity index (χ1) is 15.4. The number of nitrogens with one attached hydrogen (secondary N) is 1. The van der Waals surface area contributed by atoms with Crippen molar-refractivity contribution >= 4 is 34.8 Å². The molecule has 0 radical (unpaired) electrons. The maximum atomic E-state index is 12.7. The Labute approximate surface area is 193 Å². The summed E-state index contributed by atoms with van der Waals surface area (Å²) in [5.74, 6) is 1.09. The summed E-state index contributed by atoms with van der Waals surface area (Å²) < 4.78 is 12.4. The Kier molecular flexibility index (Phi) is 6.25. The minimum absolute atomic E-state index is 0.221. The van der Waals surface area contributed by atoms with E-state index in [0.29, 0.717) is 27.2 Å². The Hall–Kier alpha value is -3.62. The summed E-state index contributed by atoms with van der Waals surface area (Å²) in [6.07, 6.45) is 1.44. The molecule has 2 aromatic heterocycles. The summed E-state index contributed by atoms with van der Waals surface area (Å²) >= 11 is 11.9. The SMILES string of the molecule is COc1ccc(-n2nnc(C(=O)Nc3ccc(Oc4ncc(Cl)cc4Cl)cc3)c2C)cc1. The fraction of sp³-hybridized carbons (Fsp3) is 0.0909. The number of hydrogen-bond donors (Lipinski definition) is 1. The minimum atomic E-state index is -0.377. The van der Waals surface area contributed by atoms with Crippen LogP contribution in [0.3, 0.4) is 0 Å². The molecule has 0 fully saturated rings. The predicted molar refractivity (Wildman–Crippen MR) is 121 cm³/mol. The first-order valence-electron chi connectivity index (χ1n) is 9.41. The van der Waals surface area contributed by atoms with Crippen LogP contribution >= 0.6 is 23.2 Å². The molecule has 10 heteroatoms. The highest BCUT2D eigenvalue weighted by Crippen LogP contribution is 2.29. The molecule has 162 valence electrons. The zero-order valence-corrected chi connectivity index (χ0v) is 18.6. The van der Waals surface area contributed by atoms with Crippen molar-refractivity contribution in [3.63, 3.8) is 0 Å². The average Bonchev–Trinajstić information content (AvgIpc) is 3.18. The zero-order valence-electron chi connectivity index (χ0n) is 17.0. The number of halogens is 2. The zero-order chi connectivity index (χ0) is 22.7. The van der Waals surface area contributed by atoms with E-state index in [2.05, 4.69) is 20.6 Å². The van der Waals surface area contributed by atoms with Gasteiger partial charge in [-0.1, -0.05) is 28.4 Å². The van der Waals surface area contributed by atoms with E-state index in [0.717, 1.165) is 11.4 Å². The second-order valence-corrected chi connectivity index (χ2v) is 7.50. The number of ether oxygens (including phenoxy) is 2. The first-order valence-corrected chi connectivity index (χ1v) is 10.2. The second kappa shape index (κ2) is 9.25. The van der Waals surface area contributed by atoms with Crippen LogP contribution in [0, 0.1) is 6.92 Å². The first kappa shape index (κ1) is 21.6. The van der Waals surface area contributed by atoms with Crippen molar-refractivity contribution in [3.8, 4) is 23.1 Å². The highest BCUT2D eigenvalue weighted by atomic mass is 35.5. The van der Waals surface area contributed by atoms with Crippen LogP contribution in [0.5, 0.6) is 17.4 Å². The Bertz CT molecular complexity index is 1260. The van der Waals surface area contributed by atoms with Crippen molar-refractivity contribution in [3.05, 3.63) is 82.2 Å². The van der Waals surface area contributed by atoms with Crippen molar-refractivity contribution in [2.24, 2.45) is 0 Å². The van der Waals surface area contributed by atoms with Gasteiger partial charge in [0.2, 0.25) is 5.88 Å². The molecule has 0 aliphatic carbocycles. The van der Waals surface area contributed by atoms with Crippen LogP contribution in [-0.4, -0.2) is 33.0 Å². The van der Waals surface area contributed by atoms with Gasteiger partial charge in [-0.3, -0.25) is 4.79 Å². The third kappa shape index (κ3) is 4.66. The Morgan fingerprint density at radius 1 is 1.03 bits per heavy atom. The van der Waals surface area contributed by atoms with Crippen LogP contribution in [0.4, 0.5) is 5.69 Å². The summed E-state index contributed by atoms with van der Waals surface area (Å²) in [7, 11) is 1.60. The monoisotopic (exact) mass is 469 g/mol. The molecule has 0 saturated carbocycles. The van der Waals surface area contributed by atoms with Gasteiger partial charge in [-0.2, -0.15) is 0 Å². The van der Waals surface area contributed by atoms with E-state index >= 15 is 0 Å². The summed E-state index contributed by atoms with van der Waals surface area (Å²) in [6.45, 7) is 1.78. The van der Waals surface area contributed by atoms with E-state index in [1.54, 1.807) is 49.0 Å². The van der Waals surface area contributed by atoms with Crippen molar-refractivity contribution in [2.75, 3.05) is 12.4 Å². The number of benzene rings is 2. The molecule has 32 heavy (non-hydrogen) atoms. The largest absolute Gasteiger partial charge is 0.497 e. The summed E-state index contributed by atoms with van der Waals surface area (Å²) in [4.78, 5) is 16.8. The lowest BCUT2D eigenvalue weighted by Gasteiger charge is -2.08. The van der Waals surface area contributed by atoms with Gasteiger partial charge in [0.1, 0.15) is 16.5 Å². The predicted octanol–water partition coefficient (Wildman–Crippen LogP) is 5.33. The third-order valence-electron chi connectivity index (χ3n) is 4.53. The van der Waals surface area contributed by atoms with Gasteiger partial charge < -0.3 is 14.8 Å². The lowest BCUT2D eigenvalue weighted by molar-refractivity contribution is 0.102. The maximum absolute atomic E-state index is 12.7. The van der Waals surface area contributed by atoms with E-state index in [1.165, 1.54) is 6.20 Å². The van der Waals surface area contributed by atoms with Crippen molar-refractivity contribution < 1.29 is 14.3 Å². The van der Waals surface area contributed by atoms with Gasteiger partial charge in [0.05, 0.1) is 23.5 Å². The third-order valence-corrected chi connectivity index (χ3v) is 5.00. The number of pyridine rings is 1. The molecular weight excluding hydrogens is 453 g/mol. The van der Waals surface area contributed by atoms with Crippen molar-refractivity contribution in [1.29, 1.82) is 0 Å². The van der Waals surface area contributed by atoms with Crippen LogP contribution in [-0.2, 0) is 0 Å². The molecule has 0 bridgehead atoms. The molecule has 8 nitrogen and oxygen atoms in total. The Morgan fingerprint density at radius 3 is 2.38 bits per heavy atom. The fourth-order valence-electron chi connectivity index (χ4n) is 2.89. The van der Waals surface area contributed by atoms with Gasteiger partial charge in [-0.15, -0.1) is 5.10 Å². The Balaban J connectivity index is 1.45. The van der Waals surface area contributed by atoms with Crippen LogP contribution < -0.4 is 14.8 Å². The number of carbonyl (C=O) groups excluding carboxylic acids is 1. The number of aromatic nitrogens is 4. The number of methoxy groups -OCH3 is 1. The van der Waals surface area contributed by atoms with Crippen molar-refractivity contribution in [2.45, 2.75) is 6.92 Å². The van der Waals surface area contributed by atoms with Gasteiger partial charge in [-0.25, -0.2) is 9.67 Å². The lowest BCUT2D eigenvalue weighted by atomic mass is 10.2. The number of rotatable bonds is 6. The molecule has 4 aromatic rings. The van der Waals surface area contributed by atoms with E-state index in [-0.39, 0.29) is 17.5 Å². The highest BCUT2D eigenvalue weighted by Gasteiger charge is 2.18. The van der Waals surface area contributed by atoms with E-state index in [9.17, 15) is 4.79 Å². The van der Waals surface area contributed by atoms with E-state index < -0.39 is 0 Å². The number of amides is 1.